The molecule has 1 N–H and O–H groups in total. The van der Waals surface area contributed by atoms with Crippen molar-refractivity contribution in [2.24, 2.45) is 0 Å². The zero-order valence-corrected chi connectivity index (χ0v) is 19.2. The molecule has 0 spiro atoms. The van der Waals surface area contributed by atoms with Gasteiger partial charge in [0.25, 0.3) is 5.91 Å². The Kier molecular flexibility index (Phi) is 6.78. The topological polar surface area (TPSA) is 57.7 Å². The molecule has 0 aliphatic carbocycles. The summed E-state index contributed by atoms with van der Waals surface area (Å²) in [5, 5.41) is 4.09. The van der Waals surface area contributed by atoms with Crippen LogP contribution in [0.25, 0.3) is 10.9 Å². The third-order valence-electron chi connectivity index (χ3n) is 6.31. The lowest BCUT2D eigenvalue weighted by molar-refractivity contribution is 0.0936. The van der Waals surface area contributed by atoms with Gasteiger partial charge in [0, 0.05) is 43.3 Å². The van der Waals surface area contributed by atoms with Crippen LogP contribution in [0.3, 0.4) is 0 Å². The molecule has 1 saturated heterocycles. The molecule has 6 heteroatoms. The van der Waals surface area contributed by atoms with Crippen LogP contribution >= 0.6 is 0 Å². The second-order valence-corrected chi connectivity index (χ2v) is 8.20. The molecular weight excluding hydrogens is 400 g/mol. The molecule has 0 radical (unpaired) electrons. The molecular formula is C26H32N4O2. The summed E-state index contributed by atoms with van der Waals surface area (Å²) in [6.07, 6.45) is 1.84. The molecule has 1 fully saturated rings. The lowest BCUT2D eigenvalue weighted by Crippen LogP contribution is -2.47. The predicted octanol–water partition coefficient (Wildman–Crippen LogP) is 4.49. The minimum Gasteiger partial charge on any atom is -0.497 e. The van der Waals surface area contributed by atoms with Crippen molar-refractivity contribution in [1.82, 2.24) is 10.3 Å². The number of hydrogen-bond donors (Lipinski definition) is 1. The second kappa shape index (κ2) is 9.90. The van der Waals surface area contributed by atoms with Crippen molar-refractivity contribution in [3.63, 3.8) is 0 Å². The Balaban J connectivity index is 1.55. The molecule has 0 unspecified atom stereocenters. The van der Waals surface area contributed by atoms with Crippen molar-refractivity contribution in [2.75, 3.05) is 43.1 Å². The highest BCUT2D eigenvalue weighted by molar-refractivity contribution is 6.07. The maximum Gasteiger partial charge on any atom is 0.252 e. The van der Waals surface area contributed by atoms with Crippen molar-refractivity contribution in [2.45, 2.75) is 32.7 Å². The fraction of sp³-hybridized carbons (Fsp3) is 0.385. The number of nitrogens with zero attached hydrogens (tertiary/aromatic N) is 3. The van der Waals surface area contributed by atoms with Crippen LogP contribution in [0.5, 0.6) is 5.75 Å². The normalized spacial score (nSPS) is 14.1. The lowest BCUT2D eigenvalue weighted by Gasteiger charge is -2.37. The van der Waals surface area contributed by atoms with E-state index in [4.69, 9.17) is 9.72 Å². The zero-order chi connectivity index (χ0) is 22.5. The average Bonchev–Trinajstić information content (AvgIpc) is 2.86. The number of nitrogens with one attached hydrogen (secondary N) is 1. The Hall–Kier alpha value is -3.28. The third-order valence-corrected chi connectivity index (χ3v) is 6.31. The van der Waals surface area contributed by atoms with Crippen LogP contribution < -0.4 is 19.9 Å². The van der Waals surface area contributed by atoms with E-state index < -0.39 is 0 Å². The molecule has 168 valence electrons. The fourth-order valence-corrected chi connectivity index (χ4v) is 4.25. The van der Waals surface area contributed by atoms with Gasteiger partial charge in [0.15, 0.2) is 0 Å². The third kappa shape index (κ3) is 4.64. The van der Waals surface area contributed by atoms with E-state index in [9.17, 15) is 4.79 Å². The number of carbonyl (C=O) groups is 1. The highest BCUT2D eigenvalue weighted by Gasteiger charge is 2.22. The fourth-order valence-electron chi connectivity index (χ4n) is 4.25. The molecule has 32 heavy (non-hydrogen) atoms. The quantitative estimate of drug-likeness (QED) is 0.596. The van der Waals surface area contributed by atoms with Gasteiger partial charge in [0.05, 0.1) is 18.2 Å². The van der Waals surface area contributed by atoms with Gasteiger partial charge in [-0.2, -0.15) is 0 Å². The summed E-state index contributed by atoms with van der Waals surface area (Å²) in [5.74, 6) is 1.72. The summed E-state index contributed by atoms with van der Waals surface area (Å²) in [5.41, 5.74) is 2.76. The summed E-state index contributed by atoms with van der Waals surface area (Å²) in [7, 11) is 1.68. The number of hydrogen-bond acceptors (Lipinski definition) is 5. The standard InChI is InChI=1S/C26H32N4O2/c1-4-19(5-2)27-26(31)23-18-25(28-24-9-7-6-8-22(23)24)30-16-14-29(15-17-30)20-10-12-21(32-3)13-11-20/h6-13,18-19H,4-5,14-17H2,1-3H3,(H,27,31). The number of methoxy groups -OCH3 is 1. The molecule has 1 amide bonds. The van der Waals surface area contributed by atoms with Crippen LogP contribution in [0.4, 0.5) is 11.5 Å². The van der Waals surface area contributed by atoms with Crippen molar-refractivity contribution >= 4 is 28.3 Å². The van der Waals surface area contributed by atoms with E-state index in [1.165, 1.54) is 5.69 Å². The molecule has 2 heterocycles. The summed E-state index contributed by atoms with van der Waals surface area (Å²) < 4.78 is 5.27. The number of rotatable bonds is 7. The lowest BCUT2D eigenvalue weighted by atomic mass is 10.1. The van der Waals surface area contributed by atoms with Crippen molar-refractivity contribution in [3.05, 3.63) is 60.2 Å². The van der Waals surface area contributed by atoms with Gasteiger partial charge >= 0.3 is 0 Å². The average molecular weight is 433 g/mol. The number of amides is 1. The van der Waals surface area contributed by atoms with Gasteiger partial charge in [0.2, 0.25) is 0 Å². The van der Waals surface area contributed by atoms with E-state index in [2.05, 4.69) is 41.1 Å². The summed E-state index contributed by atoms with van der Waals surface area (Å²) in [6.45, 7) is 7.71. The van der Waals surface area contributed by atoms with Gasteiger partial charge in [0.1, 0.15) is 11.6 Å². The Labute approximate surface area is 190 Å². The van der Waals surface area contributed by atoms with E-state index >= 15 is 0 Å². The minimum atomic E-state index is -0.0181. The van der Waals surface area contributed by atoms with E-state index in [1.807, 2.05) is 42.5 Å². The number of benzene rings is 2. The molecule has 0 saturated carbocycles. The number of anilines is 2. The first-order chi connectivity index (χ1) is 15.6. The highest BCUT2D eigenvalue weighted by Crippen LogP contribution is 2.26. The SMILES string of the molecule is CCC(CC)NC(=O)c1cc(N2CCN(c3ccc(OC)cc3)CC2)nc2ccccc12. The Morgan fingerprint density at radius 3 is 2.31 bits per heavy atom. The molecule has 6 nitrogen and oxygen atoms in total. The second-order valence-electron chi connectivity index (χ2n) is 8.20. The minimum absolute atomic E-state index is 0.0181. The van der Waals surface area contributed by atoms with E-state index in [0.717, 1.165) is 61.5 Å². The molecule has 1 aliphatic heterocycles. The number of aromatic nitrogens is 1. The molecule has 3 aromatic rings. The van der Waals surface area contributed by atoms with Gasteiger partial charge in [-0.15, -0.1) is 0 Å². The first-order valence-corrected chi connectivity index (χ1v) is 11.5. The van der Waals surface area contributed by atoms with Crippen molar-refractivity contribution < 1.29 is 9.53 Å². The Morgan fingerprint density at radius 1 is 1.00 bits per heavy atom. The van der Waals surface area contributed by atoms with E-state index in [0.29, 0.717) is 5.56 Å². The van der Waals surface area contributed by atoms with Crippen LogP contribution in [0.1, 0.15) is 37.0 Å². The Bertz CT molecular complexity index is 1060. The molecule has 2 aromatic carbocycles. The number of ether oxygens (including phenoxy) is 1. The summed E-state index contributed by atoms with van der Waals surface area (Å²) >= 11 is 0. The van der Waals surface area contributed by atoms with E-state index in [-0.39, 0.29) is 11.9 Å². The van der Waals surface area contributed by atoms with Crippen molar-refractivity contribution in [3.8, 4) is 5.75 Å². The van der Waals surface area contributed by atoms with Gasteiger partial charge in [-0.3, -0.25) is 4.79 Å². The maximum atomic E-state index is 13.1. The van der Waals surface area contributed by atoms with Gasteiger partial charge in [-0.1, -0.05) is 32.0 Å². The number of fused-ring (bicyclic) bond motifs is 1. The first-order valence-electron chi connectivity index (χ1n) is 11.5. The highest BCUT2D eigenvalue weighted by atomic mass is 16.5. The molecule has 4 rings (SSSR count). The smallest absolute Gasteiger partial charge is 0.252 e. The monoisotopic (exact) mass is 432 g/mol. The molecule has 1 aromatic heterocycles. The largest absolute Gasteiger partial charge is 0.497 e. The number of carbonyl (C=O) groups excluding carboxylic acids is 1. The van der Waals surface area contributed by atoms with Crippen LogP contribution in [0, 0.1) is 0 Å². The number of piperazine rings is 1. The molecule has 0 bridgehead atoms. The predicted molar refractivity (Wildman–Crippen MR) is 131 cm³/mol. The van der Waals surface area contributed by atoms with Crippen LogP contribution in [-0.4, -0.2) is 50.2 Å². The Morgan fingerprint density at radius 2 is 1.66 bits per heavy atom. The van der Waals surface area contributed by atoms with Gasteiger partial charge < -0.3 is 19.9 Å². The maximum absolute atomic E-state index is 13.1. The summed E-state index contributed by atoms with van der Waals surface area (Å²) in [6, 6.07) is 18.2. The first kappa shape index (κ1) is 21.9. The van der Waals surface area contributed by atoms with Crippen LogP contribution in [-0.2, 0) is 0 Å². The zero-order valence-electron chi connectivity index (χ0n) is 19.2. The van der Waals surface area contributed by atoms with Crippen LogP contribution in [0.15, 0.2) is 54.6 Å². The number of para-hydroxylation sites is 1. The van der Waals surface area contributed by atoms with E-state index in [1.54, 1.807) is 7.11 Å². The summed E-state index contributed by atoms with van der Waals surface area (Å²) in [4.78, 5) is 22.7. The molecule has 1 aliphatic rings. The van der Waals surface area contributed by atoms with Crippen molar-refractivity contribution in [1.29, 1.82) is 0 Å². The number of pyridine rings is 1. The molecule has 0 atom stereocenters. The van der Waals surface area contributed by atoms with Gasteiger partial charge in [-0.25, -0.2) is 4.98 Å². The van der Waals surface area contributed by atoms with Crippen LogP contribution in [0.2, 0.25) is 0 Å². The van der Waals surface area contributed by atoms with Gasteiger partial charge in [-0.05, 0) is 49.2 Å².